The minimum atomic E-state index is -1.69. The molecule has 24 heavy (non-hydrogen) atoms. The van der Waals surface area contributed by atoms with Gasteiger partial charge in [-0.05, 0) is 24.6 Å². The summed E-state index contributed by atoms with van der Waals surface area (Å²) in [5, 5.41) is 49.6. The molecular weight excluding hydrogens is 320 g/mol. The molecule has 2 unspecified atom stereocenters. The van der Waals surface area contributed by atoms with Gasteiger partial charge in [0.05, 0.1) is 0 Å². The van der Waals surface area contributed by atoms with E-state index < -0.39 is 42.2 Å². The number of fused-ring (bicyclic) bond motifs is 1. The second-order valence-electron chi connectivity index (χ2n) is 5.94. The van der Waals surface area contributed by atoms with Crippen LogP contribution in [0.15, 0.2) is 33.5 Å². The highest BCUT2D eigenvalue weighted by Gasteiger charge is 2.49. The van der Waals surface area contributed by atoms with Crippen molar-refractivity contribution in [1.29, 1.82) is 0 Å². The van der Waals surface area contributed by atoms with Crippen LogP contribution in [0.5, 0.6) is 5.75 Å². The number of hydrogen-bond donors (Lipinski definition) is 5. The van der Waals surface area contributed by atoms with Gasteiger partial charge >= 0.3 is 5.63 Å². The molecule has 1 aliphatic carbocycles. The van der Waals surface area contributed by atoms with Crippen molar-refractivity contribution in [3.05, 3.63) is 40.2 Å². The third-order valence-electron chi connectivity index (χ3n) is 4.27. The molecule has 0 spiro atoms. The van der Waals surface area contributed by atoms with Crippen molar-refractivity contribution < 1.29 is 34.7 Å². The summed E-state index contributed by atoms with van der Waals surface area (Å²) in [6, 6.07) is 5.95. The van der Waals surface area contributed by atoms with Gasteiger partial charge in [-0.2, -0.15) is 0 Å². The Morgan fingerprint density at radius 1 is 0.917 bits per heavy atom. The lowest BCUT2D eigenvalue weighted by atomic mass is 9.85. The summed E-state index contributed by atoms with van der Waals surface area (Å²) < 4.78 is 10.5. The first-order valence-corrected chi connectivity index (χ1v) is 7.41. The normalized spacial score (nSPS) is 33.6. The predicted molar refractivity (Wildman–Crippen MR) is 81.7 cm³/mol. The van der Waals surface area contributed by atoms with Crippen LogP contribution < -0.4 is 10.4 Å². The number of aliphatic hydroxyl groups is 5. The molecule has 1 aliphatic rings. The highest BCUT2D eigenvalue weighted by Crippen LogP contribution is 2.28. The molecule has 1 fully saturated rings. The average Bonchev–Trinajstić information content (AvgIpc) is 2.54. The number of ether oxygens (including phenoxy) is 1. The summed E-state index contributed by atoms with van der Waals surface area (Å²) >= 11 is 0. The zero-order valence-electron chi connectivity index (χ0n) is 12.7. The number of aryl methyl sites for hydroxylation is 1. The summed E-state index contributed by atoms with van der Waals surface area (Å²) in [4.78, 5) is 11.5. The van der Waals surface area contributed by atoms with Crippen molar-refractivity contribution in [3.63, 3.8) is 0 Å². The topological polar surface area (TPSA) is 141 Å². The Morgan fingerprint density at radius 2 is 1.50 bits per heavy atom. The van der Waals surface area contributed by atoms with Crippen LogP contribution in [0, 0.1) is 6.92 Å². The average molecular weight is 338 g/mol. The van der Waals surface area contributed by atoms with Crippen molar-refractivity contribution in [3.8, 4) is 5.75 Å². The Bertz CT molecular complexity index is 784. The van der Waals surface area contributed by atoms with Crippen LogP contribution in [0.4, 0.5) is 0 Å². The lowest BCUT2D eigenvalue weighted by molar-refractivity contribution is -0.216. The molecule has 2 aromatic rings. The molecule has 6 atom stereocenters. The molecule has 5 N–H and O–H groups in total. The fraction of sp³-hybridized carbons (Fsp3) is 0.438. The van der Waals surface area contributed by atoms with E-state index in [-0.39, 0.29) is 11.3 Å². The second-order valence-corrected chi connectivity index (χ2v) is 5.94. The van der Waals surface area contributed by atoms with E-state index in [2.05, 4.69) is 0 Å². The van der Waals surface area contributed by atoms with Gasteiger partial charge in [0.1, 0.15) is 41.9 Å². The van der Waals surface area contributed by atoms with Gasteiger partial charge in [-0.3, -0.25) is 0 Å². The third kappa shape index (κ3) is 2.79. The maximum atomic E-state index is 11.5. The van der Waals surface area contributed by atoms with E-state index in [4.69, 9.17) is 9.15 Å². The van der Waals surface area contributed by atoms with Crippen LogP contribution in [0.1, 0.15) is 5.56 Å². The first-order chi connectivity index (χ1) is 11.3. The molecule has 0 aliphatic heterocycles. The molecule has 8 nitrogen and oxygen atoms in total. The lowest BCUT2D eigenvalue weighted by Gasteiger charge is -2.41. The minimum absolute atomic E-state index is 0.162. The van der Waals surface area contributed by atoms with E-state index in [1.54, 1.807) is 19.1 Å². The zero-order valence-corrected chi connectivity index (χ0v) is 12.7. The summed E-state index contributed by atoms with van der Waals surface area (Å²) in [5.74, 6) is 0.162. The minimum Gasteiger partial charge on any atom is -0.485 e. The Balaban J connectivity index is 1.92. The van der Waals surface area contributed by atoms with Crippen LogP contribution in [0.25, 0.3) is 11.0 Å². The molecule has 1 saturated carbocycles. The van der Waals surface area contributed by atoms with Gasteiger partial charge in [0.25, 0.3) is 0 Å². The summed E-state index contributed by atoms with van der Waals surface area (Å²) in [5.41, 5.74) is 0.460. The molecule has 130 valence electrons. The molecule has 8 heteroatoms. The largest absolute Gasteiger partial charge is 0.485 e. The van der Waals surface area contributed by atoms with E-state index >= 15 is 0 Å². The first-order valence-electron chi connectivity index (χ1n) is 7.41. The standard InChI is InChI=1S/C16H18O8/c1-6-4-10(17)24-9-5-7(2-3-8(6)9)23-16-14(21)12(19)11(18)13(20)15(16)22/h2-5,11-16,18-22H,1H3/t11?,12-,13+,14-,15-,16?/m1/s1. The van der Waals surface area contributed by atoms with Gasteiger partial charge in [0, 0.05) is 17.5 Å². The fourth-order valence-corrected chi connectivity index (χ4v) is 2.87. The Labute approximate surface area is 136 Å². The highest BCUT2D eigenvalue weighted by atomic mass is 16.5. The fourth-order valence-electron chi connectivity index (χ4n) is 2.87. The molecule has 0 saturated heterocycles. The van der Waals surface area contributed by atoms with Crippen LogP contribution >= 0.6 is 0 Å². The summed E-state index contributed by atoms with van der Waals surface area (Å²) in [6.45, 7) is 1.75. The Morgan fingerprint density at radius 3 is 2.12 bits per heavy atom. The van der Waals surface area contributed by atoms with E-state index in [0.717, 1.165) is 5.56 Å². The van der Waals surface area contributed by atoms with Gasteiger partial charge in [0.15, 0.2) is 6.10 Å². The second kappa shape index (κ2) is 6.15. The summed E-state index contributed by atoms with van der Waals surface area (Å²) in [7, 11) is 0. The van der Waals surface area contributed by atoms with Crippen LogP contribution in [0.2, 0.25) is 0 Å². The first kappa shape index (κ1) is 16.9. The molecule has 1 aromatic heterocycles. The molecule has 0 amide bonds. The molecule has 0 bridgehead atoms. The molecule has 0 radical (unpaired) electrons. The maximum Gasteiger partial charge on any atom is 0.336 e. The van der Waals surface area contributed by atoms with E-state index in [9.17, 15) is 30.3 Å². The lowest BCUT2D eigenvalue weighted by Crippen LogP contribution is -2.65. The summed E-state index contributed by atoms with van der Waals surface area (Å²) in [6.07, 6.45) is -9.63. The van der Waals surface area contributed by atoms with Crippen molar-refractivity contribution in [1.82, 2.24) is 0 Å². The SMILES string of the molecule is Cc1cc(=O)oc2cc(OC3[C@H](O)[C@H](O)C(O)[C@H](O)[C@H]3O)ccc12. The predicted octanol–water partition coefficient (Wildman–Crippen LogP) is -1.33. The van der Waals surface area contributed by atoms with Crippen molar-refractivity contribution >= 4 is 11.0 Å². The monoisotopic (exact) mass is 338 g/mol. The van der Waals surface area contributed by atoms with Crippen LogP contribution in [0.3, 0.4) is 0 Å². The molecule has 1 heterocycles. The van der Waals surface area contributed by atoms with Crippen LogP contribution in [-0.2, 0) is 0 Å². The molecular formula is C16H18O8. The van der Waals surface area contributed by atoms with Crippen molar-refractivity contribution in [2.75, 3.05) is 0 Å². The van der Waals surface area contributed by atoms with Crippen molar-refractivity contribution in [2.45, 2.75) is 43.5 Å². The maximum absolute atomic E-state index is 11.5. The highest BCUT2D eigenvalue weighted by molar-refractivity contribution is 5.81. The number of hydrogen-bond acceptors (Lipinski definition) is 8. The number of benzene rings is 1. The Hall–Kier alpha value is -1.97. The van der Waals surface area contributed by atoms with Crippen LogP contribution in [-0.4, -0.2) is 62.2 Å². The molecule has 1 aromatic carbocycles. The Kier molecular flexibility index (Phi) is 4.33. The van der Waals surface area contributed by atoms with Crippen molar-refractivity contribution in [2.24, 2.45) is 0 Å². The van der Waals surface area contributed by atoms with Gasteiger partial charge in [-0.1, -0.05) is 0 Å². The van der Waals surface area contributed by atoms with Gasteiger partial charge in [-0.15, -0.1) is 0 Å². The van der Waals surface area contributed by atoms with Gasteiger partial charge in [-0.25, -0.2) is 4.79 Å². The van der Waals surface area contributed by atoms with E-state index in [1.165, 1.54) is 12.1 Å². The van der Waals surface area contributed by atoms with Gasteiger partial charge in [0.2, 0.25) is 0 Å². The smallest absolute Gasteiger partial charge is 0.336 e. The van der Waals surface area contributed by atoms with Gasteiger partial charge < -0.3 is 34.7 Å². The van der Waals surface area contributed by atoms with E-state index in [0.29, 0.717) is 5.39 Å². The number of aliphatic hydroxyl groups excluding tert-OH is 5. The quantitative estimate of drug-likeness (QED) is 0.424. The molecule has 3 rings (SSSR count). The third-order valence-corrected chi connectivity index (χ3v) is 4.27. The number of rotatable bonds is 2. The van der Waals surface area contributed by atoms with E-state index in [1.807, 2.05) is 0 Å². The zero-order chi connectivity index (χ0) is 17.6.